The smallest absolute Gasteiger partial charge is 0.233 e. The lowest BCUT2D eigenvalue weighted by molar-refractivity contribution is -0.130. The number of hydrogen-bond donors (Lipinski definition) is 1. The summed E-state index contributed by atoms with van der Waals surface area (Å²) in [7, 11) is -1.84. The molecule has 0 spiro atoms. The van der Waals surface area contributed by atoms with Crippen molar-refractivity contribution in [2.45, 2.75) is 13.0 Å². The van der Waals surface area contributed by atoms with Crippen LogP contribution < -0.4 is 4.72 Å². The molecule has 0 aliphatic heterocycles. The Morgan fingerprint density at radius 2 is 1.96 bits per heavy atom. The van der Waals surface area contributed by atoms with Gasteiger partial charge in [0.25, 0.3) is 0 Å². The lowest BCUT2D eigenvalue weighted by atomic mass is 10.2. The van der Waals surface area contributed by atoms with E-state index in [2.05, 4.69) is 4.72 Å². The highest BCUT2D eigenvalue weighted by atomic mass is 32.2. The van der Waals surface area contributed by atoms with Crippen LogP contribution in [0.1, 0.15) is 16.9 Å². The molecule has 0 saturated heterocycles. The van der Waals surface area contributed by atoms with Crippen molar-refractivity contribution in [2.24, 2.45) is 0 Å². The second-order valence-corrected chi connectivity index (χ2v) is 7.92. The van der Waals surface area contributed by atoms with Crippen LogP contribution in [0.3, 0.4) is 0 Å². The summed E-state index contributed by atoms with van der Waals surface area (Å²) in [6.07, 6.45) is 1.65. The third kappa shape index (κ3) is 6.27. The van der Waals surface area contributed by atoms with Crippen LogP contribution in [0.4, 0.5) is 0 Å². The zero-order valence-corrected chi connectivity index (χ0v) is 15.0. The van der Waals surface area contributed by atoms with Gasteiger partial charge < -0.3 is 4.90 Å². The topological polar surface area (TPSA) is 66.5 Å². The van der Waals surface area contributed by atoms with Crippen LogP contribution in [-0.2, 0) is 21.4 Å². The van der Waals surface area contributed by atoms with E-state index in [0.717, 1.165) is 15.8 Å². The van der Waals surface area contributed by atoms with Gasteiger partial charge in [-0.25, -0.2) is 13.1 Å². The number of carbonyl (C=O) groups is 1. The lowest BCUT2D eigenvalue weighted by Crippen LogP contribution is -2.31. The van der Waals surface area contributed by atoms with E-state index in [-0.39, 0.29) is 18.9 Å². The number of benzene rings is 1. The fourth-order valence-corrected chi connectivity index (χ4v) is 3.57. The molecule has 0 aliphatic rings. The number of thiophene rings is 1. The largest absolute Gasteiger partial charge is 0.341 e. The highest BCUT2D eigenvalue weighted by Gasteiger charge is 2.11. The molecular weight excluding hydrogens is 344 g/mol. The molecule has 0 saturated carbocycles. The van der Waals surface area contributed by atoms with Crippen molar-refractivity contribution in [1.82, 2.24) is 9.62 Å². The van der Waals surface area contributed by atoms with Crippen LogP contribution in [0.2, 0.25) is 0 Å². The Labute approximate surface area is 146 Å². The highest BCUT2D eigenvalue weighted by molar-refractivity contribution is 7.92. The first kappa shape index (κ1) is 18.4. The number of carbonyl (C=O) groups excluding carboxylic acids is 1. The van der Waals surface area contributed by atoms with Gasteiger partial charge in [-0.3, -0.25) is 4.79 Å². The van der Waals surface area contributed by atoms with Crippen molar-refractivity contribution in [2.75, 3.05) is 13.6 Å². The third-order valence-electron chi connectivity index (χ3n) is 3.28. The second kappa shape index (κ2) is 8.77. The summed E-state index contributed by atoms with van der Waals surface area (Å²) in [4.78, 5) is 14.7. The van der Waals surface area contributed by atoms with Crippen LogP contribution in [0.25, 0.3) is 6.08 Å². The van der Waals surface area contributed by atoms with Gasteiger partial charge >= 0.3 is 0 Å². The zero-order valence-electron chi connectivity index (χ0n) is 13.4. The number of nitrogens with zero attached hydrogens (tertiary/aromatic N) is 1. The Morgan fingerprint density at radius 1 is 1.21 bits per heavy atom. The van der Waals surface area contributed by atoms with Gasteiger partial charge in [0.05, 0.1) is 6.54 Å². The maximum absolute atomic E-state index is 12.0. The van der Waals surface area contributed by atoms with Crippen molar-refractivity contribution in [3.63, 3.8) is 0 Å². The van der Waals surface area contributed by atoms with Gasteiger partial charge in [-0.1, -0.05) is 36.4 Å². The van der Waals surface area contributed by atoms with Crippen LogP contribution >= 0.6 is 11.3 Å². The maximum Gasteiger partial charge on any atom is 0.233 e. The van der Waals surface area contributed by atoms with Crippen LogP contribution in [-0.4, -0.2) is 32.8 Å². The average molecular weight is 364 g/mol. The zero-order chi connectivity index (χ0) is 17.4. The number of amides is 1. The molecule has 1 aromatic carbocycles. The Kier molecular flexibility index (Phi) is 6.72. The molecule has 1 amide bonds. The first-order chi connectivity index (χ1) is 11.5. The van der Waals surface area contributed by atoms with Crippen molar-refractivity contribution in [1.29, 1.82) is 0 Å². The molecule has 24 heavy (non-hydrogen) atoms. The van der Waals surface area contributed by atoms with Crippen LogP contribution in [0.15, 0.2) is 53.3 Å². The molecule has 5 nitrogen and oxygen atoms in total. The van der Waals surface area contributed by atoms with E-state index < -0.39 is 10.0 Å². The predicted molar refractivity (Wildman–Crippen MR) is 97.8 cm³/mol. The molecule has 0 radical (unpaired) electrons. The van der Waals surface area contributed by atoms with Gasteiger partial charge in [0.15, 0.2) is 0 Å². The van der Waals surface area contributed by atoms with Gasteiger partial charge in [-0.2, -0.15) is 0 Å². The van der Waals surface area contributed by atoms with E-state index in [0.29, 0.717) is 6.54 Å². The minimum atomic E-state index is -3.55. The SMILES string of the molecule is CN(Cc1cccs1)C(=O)CCNS(=O)(=O)/C=C/c1ccccc1. The predicted octanol–water partition coefficient (Wildman–Crippen LogP) is 2.69. The molecular formula is C17H20N2O3S2. The van der Waals surface area contributed by atoms with E-state index in [9.17, 15) is 13.2 Å². The summed E-state index contributed by atoms with van der Waals surface area (Å²) in [6, 6.07) is 13.1. The third-order valence-corrected chi connectivity index (χ3v) is 5.24. The Bertz CT molecular complexity index is 769. The van der Waals surface area contributed by atoms with E-state index >= 15 is 0 Å². The summed E-state index contributed by atoms with van der Waals surface area (Å²) < 4.78 is 26.2. The number of sulfonamides is 1. The van der Waals surface area contributed by atoms with Crippen molar-refractivity contribution >= 4 is 33.3 Å². The summed E-state index contributed by atoms with van der Waals surface area (Å²) in [5.74, 6) is -0.0989. The van der Waals surface area contributed by atoms with E-state index in [1.807, 2.05) is 47.8 Å². The molecule has 2 rings (SSSR count). The molecule has 128 valence electrons. The monoisotopic (exact) mass is 364 g/mol. The average Bonchev–Trinajstić information content (AvgIpc) is 3.07. The molecule has 7 heteroatoms. The number of rotatable bonds is 8. The standard InChI is InChI=1S/C17H20N2O3S2/c1-19(14-16-8-5-12-23-16)17(20)9-11-18-24(21,22)13-10-15-6-3-2-4-7-15/h2-8,10,12-13,18H,9,11,14H2,1H3/b13-10+. The first-order valence-electron chi connectivity index (χ1n) is 7.45. The maximum atomic E-state index is 12.0. The van der Waals surface area contributed by atoms with Crippen LogP contribution in [0, 0.1) is 0 Å². The normalized spacial score (nSPS) is 11.7. The molecule has 0 fully saturated rings. The van der Waals surface area contributed by atoms with E-state index in [4.69, 9.17) is 0 Å². The molecule has 0 atom stereocenters. The van der Waals surface area contributed by atoms with Crippen LogP contribution in [0.5, 0.6) is 0 Å². The van der Waals surface area contributed by atoms with Gasteiger partial charge in [-0.05, 0) is 23.1 Å². The highest BCUT2D eigenvalue weighted by Crippen LogP contribution is 2.11. The molecule has 0 aliphatic carbocycles. The minimum absolute atomic E-state index is 0.0784. The van der Waals surface area contributed by atoms with Crippen molar-refractivity contribution in [3.05, 3.63) is 63.7 Å². The first-order valence-corrected chi connectivity index (χ1v) is 9.88. The molecule has 1 aromatic heterocycles. The lowest BCUT2D eigenvalue weighted by Gasteiger charge is -2.16. The minimum Gasteiger partial charge on any atom is -0.341 e. The quantitative estimate of drug-likeness (QED) is 0.783. The fraction of sp³-hybridized carbons (Fsp3) is 0.235. The number of hydrogen-bond acceptors (Lipinski definition) is 4. The molecule has 1 N–H and O–H groups in total. The molecule has 0 unspecified atom stereocenters. The van der Waals surface area contributed by atoms with Gasteiger partial charge in [0.1, 0.15) is 0 Å². The molecule has 0 bridgehead atoms. The Balaban J connectivity index is 1.77. The van der Waals surface area contributed by atoms with E-state index in [1.54, 1.807) is 23.3 Å². The fourth-order valence-electron chi connectivity index (χ4n) is 2.00. The summed E-state index contributed by atoms with van der Waals surface area (Å²) in [6.45, 7) is 0.617. The Hall–Kier alpha value is -1.96. The van der Waals surface area contributed by atoms with Gasteiger partial charge in [0, 0.05) is 30.3 Å². The van der Waals surface area contributed by atoms with Gasteiger partial charge in [-0.15, -0.1) is 11.3 Å². The van der Waals surface area contributed by atoms with Gasteiger partial charge in [0.2, 0.25) is 15.9 Å². The summed E-state index contributed by atoms with van der Waals surface area (Å²) >= 11 is 1.59. The molecule has 1 heterocycles. The van der Waals surface area contributed by atoms with Crippen molar-refractivity contribution in [3.8, 4) is 0 Å². The van der Waals surface area contributed by atoms with Crippen molar-refractivity contribution < 1.29 is 13.2 Å². The second-order valence-electron chi connectivity index (χ2n) is 5.23. The number of nitrogens with one attached hydrogen (secondary N) is 1. The van der Waals surface area contributed by atoms with E-state index in [1.165, 1.54) is 6.08 Å². The molecule has 2 aromatic rings. The summed E-state index contributed by atoms with van der Waals surface area (Å²) in [5.41, 5.74) is 0.801. The summed E-state index contributed by atoms with van der Waals surface area (Å²) in [5, 5.41) is 3.07. The Morgan fingerprint density at radius 3 is 2.62 bits per heavy atom.